The van der Waals surface area contributed by atoms with E-state index in [1.807, 2.05) is 6.08 Å². The van der Waals surface area contributed by atoms with E-state index in [1.165, 1.54) is 12.5 Å². The van der Waals surface area contributed by atoms with Crippen LogP contribution in [0.4, 0.5) is 0 Å². The van der Waals surface area contributed by atoms with Crippen molar-refractivity contribution in [1.29, 1.82) is 0 Å². The number of amides is 1. The Labute approximate surface area is 112 Å². The molecule has 2 rings (SSSR count). The van der Waals surface area contributed by atoms with Crippen molar-refractivity contribution in [3.05, 3.63) is 36.0 Å². The van der Waals surface area contributed by atoms with Crippen molar-refractivity contribution >= 4 is 11.9 Å². The number of hydrogen-bond donors (Lipinski definition) is 2. The van der Waals surface area contributed by atoms with E-state index in [-0.39, 0.29) is 5.91 Å². The van der Waals surface area contributed by atoms with Crippen LogP contribution in [0.5, 0.6) is 0 Å². The highest BCUT2D eigenvalue weighted by atomic mass is 16.4. The maximum absolute atomic E-state index is 11.1. The van der Waals surface area contributed by atoms with Gasteiger partial charge in [0.1, 0.15) is 6.04 Å². The molecule has 0 saturated heterocycles. The Hall–Kier alpha value is -1.84. The SMILES string of the molecule is CC(=O)NC(CCC1=CCC2C=CC=CC12)C(=O)O. The number of nitrogens with one attached hydrogen (secondary N) is 1. The molecule has 0 saturated carbocycles. The molecule has 0 aromatic rings. The van der Waals surface area contributed by atoms with E-state index in [2.05, 4.69) is 29.6 Å². The van der Waals surface area contributed by atoms with Crippen molar-refractivity contribution in [2.75, 3.05) is 0 Å². The van der Waals surface area contributed by atoms with Crippen LogP contribution in [0, 0.1) is 11.8 Å². The van der Waals surface area contributed by atoms with Crippen LogP contribution in [0.2, 0.25) is 0 Å². The molecule has 0 radical (unpaired) electrons. The van der Waals surface area contributed by atoms with Gasteiger partial charge in [-0.15, -0.1) is 0 Å². The van der Waals surface area contributed by atoms with Gasteiger partial charge in [-0.25, -0.2) is 4.79 Å². The lowest BCUT2D eigenvalue weighted by Crippen LogP contribution is -2.39. The predicted octanol–water partition coefficient (Wildman–Crippen LogP) is 2.04. The van der Waals surface area contributed by atoms with Crippen molar-refractivity contribution < 1.29 is 14.7 Å². The number of carbonyl (C=O) groups is 2. The maximum atomic E-state index is 11.1. The Bertz CT molecular complexity index is 462. The molecular weight excluding hydrogens is 242 g/mol. The lowest BCUT2D eigenvalue weighted by molar-refractivity contribution is -0.141. The first-order chi connectivity index (χ1) is 9.08. The summed E-state index contributed by atoms with van der Waals surface area (Å²) in [7, 11) is 0. The van der Waals surface area contributed by atoms with Crippen LogP contribution in [-0.4, -0.2) is 23.0 Å². The van der Waals surface area contributed by atoms with Gasteiger partial charge >= 0.3 is 5.97 Å². The first-order valence-corrected chi connectivity index (χ1v) is 6.61. The van der Waals surface area contributed by atoms with Crippen LogP contribution < -0.4 is 5.32 Å². The summed E-state index contributed by atoms with van der Waals surface area (Å²) in [5, 5.41) is 11.5. The summed E-state index contributed by atoms with van der Waals surface area (Å²) in [6, 6.07) is -0.791. The largest absolute Gasteiger partial charge is 0.480 e. The zero-order valence-electron chi connectivity index (χ0n) is 11.0. The van der Waals surface area contributed by atoms with Crippen molar-refractivity contribution in [1.82, 2.24) is 5.32 Å². The van der Waals surface area contributed by atoms with Crippen LogP contribution in [0.1, 0.15) is 26.2 Å². The number of rotatable bonds is 5. The molecule has 0 spiro atoms. The minimum Gasteiger partial charge on any atom is -0.480 e. The number of fused-ring (bicyclic) bond motifs is 1. The zero-order valence-corrected chi connectivity index (χ0v) is 11.0. The Kier molecular flexibility index (Phi) is 4.20. The summed E-state index contributed by atoms with van der Waals surface area (Å²) >= 11 is 0. The molecule has 0 aliphatic heterocycles. The van der Waals surface area contributed by atoms with Crippen molar-refractivity contribution in [2.24, 2.45) is 11.8 Å². The lowest BCUT2D eigenvalue weighted by Gasteiger charge is -2.20. The summed E-state index contributed by atoms with van der Waals surface area (Å²) < 4.78 is 0. The molecular formula is C15H19NO3. The highest BCUT2D eigenvalue weighted by molar-refractivity contribution is 5.82. The smallest absolute Gasteiger partial charge is 0.326 e. The normalized spacial score (nSPS) is 25.6. The third-order valence-corrected chi connectivity index (χ3v) is 3.73. The van der Waals surface area contributed by atoms with E-state index < -0.39 is 12.0 Å². The molecule has 3 unspecified atom stereocenters. The van der Waals surface area contributed by atoms with Crippen molar-refractivity contribution in [3.63, 3.8) is 0 Å². The van der Waals surface area contributed by atoms with Crippen LogP contribution in [0.25, 0.3) is 0 Å². The third kappa shape index (κ3) is 3.34. The molecule has 2 N–H and O–H groups in total. The van der Waals surface area contributed by atoms with E-state index in [9.17, 15) is 9.59 Å². The molecule has 2 aliphatic rings. The number of hydrogen-bond acceptors (Lipinski definition) is 2. The number of carboxylic acids is 1. The Morgan fingerprint density at radius 2 is 2.16 bits per heavy atom. The van der Waals surface area contributed by atoms with Gasteiger partial charge in [-0.1, -0.05) is 36.0 Å². The standard InChI is InChI=1S/C15H19NO3/c1-10(17)16-14(15(18)19)9-8-12-7-6-11-4-2-3-5-13(11)12/h2-5,7,11,13-14H,6,8-9H2,1H3,(H,16,17)(H,18,19). The quantitative estimate of drug-likeness (QED) is 0.744. The van der Waals surface area contributed by atoms with Crippen LogP contribution in [0.15, 0.2) is 36.0 Å². The van der Waals surface area contributed by atoms with Gasteiger partial charge in [0.2, 0.25) is 5.91 Å². The molecule has 0 bridgehead atoms. The number of aliphatic carboxylic acids is 1. The van der Waals surface area contributed by atoms with Crippen molar-refractivity contribution in [3.8, 4) is 0 Å². The highest BCUT2D eigenvalue weighted by Gasteiger charge is 2.28. The Morgan fingerprint density at radius 3 is 2.84 bits per heavy atom. The first kappa shape index (κ1) is 13.6. The Morgan fingerprint density at radius 1 is 1.42 bits per heavy atom. The van der Waals surface area contributed by atoms with Gasteiger partial charge in [0.25, 0.3) is 0 Å². The van der Waals surface area contributed by atoms with E-state index >= 15 is 0 Å². The van der Waals surface area contributed by atoms with Crippen LogP contribution >= 0.6 is 0 Å². The van der Waals surface area contributed by atoms with Gasteiger partial charge in [0.05, 0.1) is 0 Å². The summed E-state index contributed by atoms with van der Waals surface area (Å²) in [5.74, 6) is -0.323. The van der Waals surface area contributed by atoms with Crippen molar-refractivity contribution in [2.45, 2.75) is 32.2 Å². The second-order valence-electron chi connectivity index (χ2n) is 5.10. The molecule has 102 valence electrons. The van der Waals surface area contributed by atoms with E-state index in [0.29, 0.717) is 18.3 Å². The molecule has 4 nitrogen and oxygen atoms in total. The third-order valence-electron chi connectivity index (χ3n) is 3.73. The van der Waals surface area contributed by atoms with Gasteiger partial charge in [0.15, 0.2) is 0 Å². The first-order valence-electron chi connectivity index (χ1n) is 6.61. The second kappa shape index (κ2) is 5.87. The van der Waals surface area contributed by atoms with Gasteiger partial charge in [-0.05, 0) is 25.2 Å². The summed E-state index contributed by atoms with van der Waals surface area (Å²) in [6.45, 7) is 1.34. The van der Waals surface area contributed by atoms with E-state index in [4.69, 9.17) is 5.11 Å². The van der Waals surface area contributed by atoms with E-state index in [1.54, 1.807) is 0 Å². The molecule has 3 atom stereocenters. The van der Waals surface area contributed by atoms with E-state index in [0.717, 1.165) is 12.8 Å². The average Bonchev–Trinajstić information content (AvgIpc) is 2.77. The highest BCUT2D eigenvalue weighted by Crippen LogP contribution is 2.38. The summed E-state index contributed by atoms with van der Waals surface area (Å²) in [4.78, 5) is 22.0. The van der Waals surface area contributed by atoms with Gasteiger partial charge in [-0.2, -0.15) is 0 Å². The molecule has 1 amide bonds. The van der Waals surface area contributed by atoms with Crippen LogP contribution in [0.3, 0.4) is 0 Å². The van der Waals surface area contributed by atoms with Gasteiger partial charge < -0.3 is 10.4 Å². The Balaban J connectivity index is 1.91. The minimum absolute atomic E-state index is 0.300. The minimum atomic E-state index is -0.968. The fourth-order valence-corrected chi connectivity index (χ4v) is 2.78. The average molecular weight is 261 g/mol. The maximum Gasteiger partial charge on any atom is 0.326 e. The fraction of sp³-hybridized carbons (Fsp3) is 0.467. The second-order valence-corrected chi connectivity index (χ2v) is 5.10. The van der Waals surface area contributed by atoms with Gasteiger partial charge in [0, 0.05) is 12.8 Å². The molecule has 0 heterocycles. The fourth-order valence-electron chi connectivity index (χ4n) is 2.78. The molecule has 0 aromatic carbocycles. The number of carboxylic acid groups (broad SMARTS) is 1. The van der Waals surface area contributed by atoms with Crippen LogP contribution in [-0.2, 0) is 9.59 Å². The number of carbonyl (C=O) groups excluding carboxylic acids is 1. The molecule has 19 heavy (non-hydrogen) atoms. The lowest BCUT2D eigenvalue weighted by atomic mass is 9.85. The monoisotopic (exact) mass is 261 g/mol. The summed E-state index contributed by atoms with van der Waals surface area (Å²) in [6.07, 6.45) is 12.9. The predicted molar refractivity (Wildman–Crippen MR) is 72.4 cm³/mol. The van der Waals surface area contributed by atoms with Gasteiger partial charge in [-0.3, -0.25) is 4.79 Å². The molecule has 2 aliphatic carbocycles. The summed E-state index contributed by atoms with van der Waals surface area (Å²) in [5.41, 5.74) is 1.29. The zero-order chi connectivity index (χ0) is 13.8. The number of allylic oxidation sites excluding steroid dienone is 6. The molecule has 0 fully saturated rings. The molecule has 0 aromatic heterocycles. The topological polar surface area (TPSA) is 66.4 Å². The molecule has 4 heteroatoms.